The van der Waals surface area contributed by atoms with Gasteiger partial charge in [0.15, 0.2) is 0 Å². The van der Waals surface area contributed by atoms with Crippen molar-refractivity contribution in [3.05, 3.63) is 29.8 Å². The Hall–Kier alpha value is -0.600. The molecule has 1 unspecified atom stereocenters. The quantitative estimate of drug-likeness (QED) is 0.299. The lowest BCUT2D eigenvalue weighted by Gasteiger charge is -2.36. The van der Waals surface area contributed by atoms with Gasteiger partial charge in [0.2, 0.25) is 0 Å². The van der Waals surface area contributed by atoms with Gasteiger partial charge in [0, 0.05) is 43.5 Å². The lowest BCUT2D eigenvalue weighted by molar-refractivity contribution is -0.271. The van der Waals surface area contributed by atoms with Crippen LogP contribution in [0.5, 0.6) is 0 Å². The molecule has 1 aromatic rings. The number of ether oxygens (including phenoxy) is 1. The average molecular weight is 435 g/mol. The summed E-state index contributed by atoms with van der Waals surface area (Å²) in [6, 6.07) is 8.55. The predicted molar refractivity (Wildman–Crippen MR) is 113 cm³/mol. The number of alkyl halides is 2. The molecule has 0 aliphatic carbocycles. The SMILES string of the molecule is CON(CCCCc1ccc(N(CCCl)CCCl)cc1)C1C[C@@H](O)[C@@H](O)CO1. The predicted octanol–water partition coefficient (Wildman–Crippen LogP) is 2.62. The number of halogens is 2. The lowest BCUT2D eigenvalue weighted by Crippen LogP contribution is -2.48. The Morgan fingerprint density at radius 2 is 1.71 bits per heavy atom. The summed E-state index contributed by atoms with van der Waals surface area (Å²) in [5.74, 6) is 1.16. The third kappa shape index (κ3) is 7.34. The minimum Gasteiger partial charge on any atom is -0.390 e. The Labute approximate surface area is 177 Å². The van der Waals surface area contributed by atoms with Crippen LogP contribution < -0.4 is 4.90 Å². The summed E-state index contributed by atoms with van der Waals surface area (Å²) in [5.41, 5.74) is 2.43. The largest absolute Gasteiger partial charge is 0.390 e. The van der Waals surface area contributed by atoms with Gasteiger partial charge in [0.1, 0.15) is 12.3 Å². The molecule has 2 N–H and O–H groups in total. The summed E-state index contributed by atoms with van der Waals surface area (Å²) in [7, 11) is 1.60. The summed E-state index contributed by atoms with van der Waals surface area (Å²) in [4.78, 5) is 7.59. The second kappa shape index (κ2) is 12.9. The Balaban J connectivity index is 1.75. The molecule has 3 atom stereocenters. The second-order valence-corrected chi connectivity index (χ2v) is 7.73. The van der Waals surface area contributed by atoms with E-state index >= 15 is 0 Å². The fourth-order valence-electron chi connectivity index (χ4n) is 3.35. The van der Waals surface area contributed by atoms with Crippen LogP contribution >= 0.6 is 23.2 Å². The molecule has 160 valence electrons. The second-order valence-electron chi connectivity index (χ2n) is 6.97. The lowest BCUT2D eigenvalue weighted by atomic mass is 10.1. The molecule has 1 heterocycles. The molecular formula is C20H32Cl2N2O4. The van der Waals surface area contributed by atoms with E-state index in [1.165, 1.54) is 5.56 Å². The Kier molecular flexibility index (Phi) is 10.9. The number of anilines is 1. The Morgan fingerprint density at radius 3 is 2.29 bits per heavy atom. The number of aryl methyl sites for hydroxylation is 1. The van der Waals surface area contributed by atoms with Crippen molar-refractivity contribution >= 4 is 28.9 Å². The van der Waals surface area contributed by atoms with E-state index in [0.29, 0.717) is 24.7 Å². The van der Waals surface area contributed by atoms with E-state index in [0.717, 1.165) is 38.0 Å². The molecule has 8 heteroatoms. The Morgan fingerprint density at radius 1 is 1.04 bits per heavy atom. The smallest absolute Gasteiger partial charge is 0.135 e. The van der Waals surface area contributed by atoms with Crippen LogP contribution in [0.4, 0.5) is 5.69 Å². The van der Waals surface area contributed by atoms with Crippen molar-refractivity contribution in [3.63, 3.8) is 0 Å². The van der Waals surface area contributed by atoms with E-state index in [-0.39, 0.29) is 12.8 Å². The van der Waals surface area contributed by atoms with Gasteiger partial charge in [-0.25, -0.2) is 0 Å². The molecule has 2 rings (SSSR count). The number of nitrogens with zero attached hydrogens (tertiary/aromatic N) is 2. The van der Waals surface area contributed by atoms with E-state index in [9.17, 15) is 10.2 Å². The van der Waals surface area contributed by atoms with Crippen molar-refractivity contribution in [2.45, 2.75) is 44.1 Å². The highest BCUT2D eigenvalue weighted by molar-refractivity contribution is 6.18. The van der Waals surface area contributed by atoms with Crippen molar-refractivity contribution < 1.29 is 19.8 Å². The number of benzene rings is 1. The molecule has 28 heavy (non-hydrogen) atoms. The highest BCUT2D eigenvalue weighted by Gasteiger charge is 2.32. The molecule has 0 radical (unpaired) electrons. The van der Waals surface area contributed by atoms with Crippen LogP contribution in [0.25, 0.3) is 0 Å². The normalized spacial score (nSPS) is 22.6. The first-order valence-corrected chi connectivity index (χ1v) is 10.9. The average Bonchev–Trinajstić information content (AvgIpc) is 2.71. The maximum Gasteiger partial charge on any atom is 0.135 e. The molecule has 0 aromatic heterocycles. The van der Waals surface area contributed by atoms with Crippen LogP contribution in [-0.2, 0) is 16.0 Å². The van der Waals surface area contributed by atoms with Crippen LogP contribution in [0.3, 0.4) is 0 Å². The van der Waals surface area contributed by atoms with E-state index in [2.05, 4.69) is 29.2 Å². The number of rotatable bonds is 12. The molecule has 1 aliphatic rings. The molecular weight excluding hydrogens is 403 g/mol. The van der Waals surface area contributed by atoms with Gasteiger partial charge in [-0.3, -0.25) is 4.84 Å². The van der Waals surface area contributed by atoms with Gasteiger partial charge in [-0.15, -0.1) is 23.2 Å². The highest BCUT2D eigenvalue weighted by Crippen LogP contribution is 2.20. The van der Waals surface area contributed by atoms with Crippen LogP contribution in [-0.4, -0.2) is 78.8 Å². The van der Waals surface area contributed by atoms with Crippen LogP contribution in [0.2, 0.25) is 0 Å². The summed E-state index contributed by atoms with van der Waals surface area (Å²) in [6.07, 6.45) is 1.38. The first-order valence-electron chi connectivity index (χ1n) is 9.83. The molecule has 0 bridgehead atoms. The van der Waals surface area contributed by atoms with E-state index in [4.69, 9.17) is 32.8 Å². The van der Waals surface area contributed by atoms with Crippen molar-refractivity contribution in [1.82, 2.24) is 5.06 Å². The number of hydroxylamine groups is 2. The standard InChI is InChI=1S/C20H32Cl2N2O4/c1-27-24(20-14-18(25)19(26)15-28-20)11-3-2-4-16-5-7-17(8-6-16)23(12-9-21)13-10-22/h5-8,18-20,25-26H,2-4,9-15H2,1H3/t18-,19+,20?/m1/s1. The topological polar surface area (TPSA) is 65.4 Å². The molecule has 1 fully saturated rings. The highest BCUT2D eigenvalue weighted by atomic mass is 35.5. The first-order chi connectivity index (χ1) is 13.6. The fraction of sp³-hybridized carbons (Fsp3) is 0.700. The third-order valence-electron chi connectivity index (χ3n) is 5.01. The third-order valence-corrected chi connectivity index (χ3v) is 5.34. The van der Waals surface area contributed by atoms with Crippen LogP contribution in [0, 0.1) is 0 Å². The first kappa shape index (κ1) is 23.7. The summed E-state index contributed by atoms with van der Waals surface area (Å²) in [6.45, 7) is 2.41. The molecule has 0 saturated carbocycles. The monoisotopic (exact) mass is 434 g/mol. The maximum atomic E-state index is 9.81. The van der Waals surface area contributed by atoms with Crippen molar-refractivity contribution in [1.29, 1.82) is 0 Å². The van der Waals surface area contributed by atoms with Gasteiger partial charge in [-0.05, 0) is 37.0 Å². The molecule has 1 aromatic carbocycles. The van der Waals surface area contributed by atoms with Crippen molar-refractivity contribution in [3.8, 4) is 0 Å². The summed E-state index contributed by atoms with van der Waals surface area (Å²) >= 11 is 11.7. The molecule has 0 spiro atoms. The van der Waals surface area contributed by atoms with Crippen LogP contribution in [0.15, 0.2) is 24.3 Å². The number of aliphatic hydroxyl groups excluding tert-OH is 2. The molecule has 1 aliphatic heterocycles. The van der Waals surface area contributed by atoms with Crippen molar-refractivity contribution in [2.75, 3.05) is 50.0 Å². The fourth-order valence-corrected chi connectivity index (χ4v) is 3.76. The van der Waals surface area contributed by atoms with Crippen molar-refractivity contribution in [2.24, 2.45) is 0 Å². The number of hydrogen-bond acceptors (Lipinski definition) is 6. The Bertz CT molecular complexity index is 544. The van der Waals surface area contributed by atoms with E-state index in [1.54, 1.807) is 12.2 Å². The number of hydrogen-bond donors (Lipinski definition) is 2. The van der Waals surface area contributed by atoms with Gasteiger partial charge >= 0.3 is 0 Å². The molecule has 0 amide bonds. The van der Waals surface area contributed by atoms with Gasteiger partial charge < -0.3 is 19.8 Å². The maximum absolute atomic E-state index is 9.81. The van der Waals surface area contributed by atoms with Gasteiger partial charge in [-0.1, -0.05) is 12.1 Å². The summed E-state index contributed by atoms with van der Waals surface area (Å²) < 4.78 is 5.57. The zero-order valence-corrected chi connectivity index (χ0v) is 18.0. The minimum absolute atomic E-state index is 0.127. The van der Waals surface area contributed by atoms with Gasteiger partial charge in [0.05, 0.1) is 19.8 Å². The zero-order valence-electron chi connectivity index (χ0n) is 16.5. The zero-order chi connectivity index (χ0) is 20.4. The molecule has 6 nitrogen and oxygen atoms in total. The van der Waals surface area contributed by atoms with E-state index < -0.39 is 12.2 Å². The number of aliphatic hydroxyl groups is 2. The van der Waals surface area contributed by atoms with E-state index in [1.807, 2.05) is 0 Å². The van der Waals surface area contributed by atoms with Gasteiger partial charge in [-0.2, -0.15) is 5.06 Å². The van der Waals surface area contributed by atoms with Gasteiger partial charge in [0.25, 0.3) is 0 Å². The van der Waals surface area contributed by atoms with Crippen LogP contribution in [0.1, 0.15) is 24.8 Å². The molecule has 1 saturated heterocycles. The number of unbranched alkanes of at least 4 members (excludes halogenated alkanes) is 1. The minimum atomic E-state index is -0.817. The summed E-state index contributed by atoms with van der Waals surface area (Å²) in [5, 5.41) is 21.1.